The Morgan fingerprint density at radius 1 is 1.62 bits per heavy atom. The number of rotatable bonds is 1. The molecule has 2 saturated carbocycles. The van der Waals surface area contributed by atoms with Gasteiger partial charge >= 0.3 is 0 Å². The van der Waals surface area contributed by atoms with E-state index in [1.54, 1.807) is 0 Å². The van der Waals surface area contributed by atoms with Gasteiger partial charge in [0.05, 0.1) is 0 Å². The average Bonchev–Trinajstić information content (AvgIpc) is 2.38. The van der Waals surface area contributed by atoms with Crippen LogP contribution in [0.2, 0.25) is 0 Å². The van der Waals surface area contributed by atoms with Gasteiger partial charge < -0.3 is 5.32 Å². The maximum Gasteiger partial charge on any atom is 0.0210 e. The van der Waals surface area contributed by atoms with Crippen LogP contribution in [0.3, 0.4) is 0 Å². The van der Waals surface area contributed by atoms with Crippen molar-refractivity contribution in [1.29, 1.82) is 0 Å². The topological polar surface area (TPSA) is 12.0 Å². The molecule has 2 atom stereocenters. The zero-order chi connectivity index (χ0) is 5.61. The molecule has 1 nitrogen and oxygen atoms in total. The summed E-state index contributed by atoms with van der Waals surface area (Å²) in [7, 11) is 2.10. The van der Waals surface area contributed by atoms with Gasteiger partial charge in [-0.15, -0.1) is 0 Å². The quantitative estimate of drug-likeness (QED) is 0.535. The van der Waals surface area contributed by atoms with Crippen molar-refractivity contribution in [3.63, 3.8) is 0 Å². The first-order valence-electron chi connectivity index (χ1n) is 3.56. The lowest BCUT2D eigenvalue weighted by Crippen LogP contribution is -2.26. The van der Waals surface area contributed by atoms with Crippen LogP contribution in [-0.2, 0) is 0 Å². The van der Waals surface area contributed by atoms with Gasteiger partial charge in [0.25, 0.3) is 0 Å². The fraction of sp³-hybridized carbons (Fsp3) is 1.00. The number of hydrogen-bond acceptors (Lipinski definition) is 1. The van der Waals surface area contributed by atoms with E-state index in [1.165, 1.54) is 25.7 Å². The summed E-state index contributed by atoms with van der Waals surface area (Å²) in [5.41, 5.74) is 0.653. The van der Waals surface area contributed by atoms with Crippen LogP contribution in [-0.4, -0.2) is 12.6 Å². The van der Waals surface area contributed by atoms with Crippen LogP contribution in [0.4, 0.5) is 0 Å². The van der Waals surface area contributed by atoms with E-state index < -0.39 is 0 Å². The Hall–Kier alpha value is -0.0400. The predicted octanol–water partition coefficient (Wildman–Crippen LogP) is 1.15. The van der Waals surface area contributed by atoms with Gasteiger partial charge in [-0.25, -0.2) is 0 Å². The first-order valence-corrected chi connectivity index (χ1v) is 3.56. The number of nitrogens with one attached hydrogen (secondary N) is 1. The Bertz CT molecular complexity index is 107. The second-order valence-corrected chi connectivity index (χ2v) is 3.20. The first-order chi connectivity index (χ1) is 3.87. The molecule has 2 unspecified atom stereocenters. The summed E-state index contributed by atoms with van der Waals surface area (Å²) in [5.74, 6) is 1.06. The van der Waals surface area contributed by atoms with Crippen molar-refractivity contribution in [2.45, 2.75) is 31.2 Å². The first kappa shape index (κ1) is 4.80. The van der Waals surface area contributed by atoms with Crippen molar-refractivity contribution in [1.82, 2.24) is 5.32 Å². The van der Waals surface area contributed by atoms with Gasteiger partial charge in [-0.1, -0.05) is 6.42 Å². The third kappa shape index (κ3) is 0.408. The van der Waals surface area contributed by atoms with E-state index in [9.17, 15) is 0 Å². The molecule has 0 spiro atoms. The van der Waals surface area contributed by atoms with Crippen LogP contribution >= 0.6 is 0 Å². The Morgan fingerprint density at radius 3 is 2.75 bits per heavy atom. The molecule has 0 bridgehead atoms. The zero-order valence-corrected chi connectivity index (χ0v) is 5.41. The third-order valence-corrected chi connectivity index (χ3v) is 2.91. The fourth-order valence-corrected chi connectivity index (χ4v) is 2.16. The highest BCUT2D eigenvalue weighted by molar-refractivity contribution is 5.13. The molecule has 46 valence electrons. The van der Waals surface area contributed by atoms with E-state index in [-0.39, 0.29) is 0 Å². The molecule has 0 aromatic heterocycles. The van der Waals surface area contributed by atoms with Crippen LogP contribution in [0.25, 0.3) is 0 Å². The summed E-state index contributed by atoms with van der Waals surface area (Å²) in [4.78, 5) is 0. The van der Waals surface area contributed by atoms with E-state index in [0.717, 1.165) is 5.92 Å². The second-order valence-electron chi connectivity index (χ2n) is 3.20. The molecule has 2 fully saturated rings. The minimum absolute atomic E-state index is 0.653. The molecule has 0 aliphatic heterocycles. The Kier molecular flexibility index (Phi) is 0.762. The highest BCUT2D eigenvalue weighted by Gasteiger charge is 2.55. The predicted molar refractivity (Wildman–Crippen MR) is 33.7 cm³/mol. The van der Waals surface area contributed by atoms with Crippen LogP contribution < -0.4 is 5.32 Å². The lowest BCUT2D eigenvalue weighted by molar-refractivity contribution is 0.531. The molecule has 1 heteroatoms. The minimum atomic E-state index is 0.653. The second kappa shape index (κ2) is 1.27. The van der Waals surface area contributed by atoms with E-state index >= 15 is 0 Å². The Morgan fingerprint density at radius 2 is 2.50 bits per heavy atom. The van der Waals surface area contributed by atoms with Crippen molar-refractivity contribution >= 4 is 0 Å². The highest BCUT2D eigenvalue weighted by atomic mass is 15.0. The smallest absolute Gasteiger partial charge is 0.0210 e. The van der Waals surface area contributed by atoms with Crippen molar-refractivity contribution in [3.8, 4) is 0 Å². The number of fused-ring (bicyclic) bond motifs is 1. The molecule has 2 rings (SSSR count). The maximum atomic E-state index is 3.41. The molecule has 0 radical (unpaired) electrons. The molecule has 0 aromatic rings. The van der Waals surface area contributed by atoms with Crippen molar-refractivity contribution in [2.24, 2.45) is 5.92 Å². The molecule has 1 N–H and O–H groups in total. The Labute approximate surface area is 50.5 Å². The van der Waals surface area contributed by atoms with Gasteiger partial charge in [-0.3, -0.25) is 0 Å². The third-order valence-electron chi connectivity index (χ3n) is 2.91. The summed E-state index contributed by atoms with van der Waals surface area (Å²) in [6.07, 6.45) is 5.85. The molecule has 0 amide bonds. The van der Waals surface area contributed by atoms with Gasteiger partial charge in [0.2, 0.25) is 0 Å². The van der Waals surface area contributed by atoms with Gasteiger partial charge in [-0.05, 0) is 32.2 Å². The lowest BCUT2D eigenvalue weighted by atomic mass is 10.2. The zero-order valence-electron chi connectivity index (χ0n) is 5.41. The fourth-order valence-electron chi connectivity index (χ4n) is 2.16. The molecule has 0 aromatic carbocycles. The Balaban J connectivity index is 2.08. The van der Waals surface area contributed by atoms with Gasteiger partial charge in [0, 0.05) is 5.54 Å². The van der Waals surface area contributed by atoms with E-state index in [4.69, 9.17) is 0 Å². The molecular weight excluding hydrogens is 98.1 g/mol. The summed E-state index contributed by atoms with van der Waals surface area (Å²) in [6, 6.07) is 0. The van der Waals surface area contributed by atoms with E-state index in [0.29, 0.717) is 5.54 Å². The normalized spacial score (nSPS) is 51.4. The monoisotopic (exact) mass is 111 g/mol. The van der Waals surface area contributed by atoms with Crippen LogP contribution in [0.5, 0.6) is 0 Å². The van der Waals surface area contributed by atoms with E-state index in [1.807, 2.05) is 0 Å². The molecular formula is C7H13N. The minimum Gasteiger partial charge on any atom is -0.314 e. The van der Waals surface area contributed by atoms with Gasteiger partial charge in [0.1, 0.15) is 0 Å². The largest absolute Gasteiger partial charge is 0.314 e. The van der Waals surface area contributed by atoms with Gasteiger partial charge in [0.15, 0.2) is 0 Å². The standard InChI is InChI=1S/C7H13N/c1-8-7-4-2-3-6(7)5-7/h6,8H,2-5H2,1H3. The number of hydrogen-bond donors (Lipinski definition) is 1. The van der Waals surface area contributed by atoms with Crippen molar-refractivity contribution in [3.05, 3.63) is 0 Å². The lowest BCUT2D eigenvalue weighted by Gasteiger charge is -2.07. The van der Waals surface area contributed by atoms with Crippen molar-refractivity contribution in [2.75, 3.05) is 7.05 Å². The van der Waals surface area contributed by atoms with Gasteiger partial charge in [-0.2, -0.15) is 0 Å². The van der Waals surface area contributed by atoms with Crippen LogP contribution in [0.15, 0.2) is 0 Å². The van der Waals surface area contributed by atoms with Crippen LogP contribution in [0.1, 0.15) is 25.7 Å². The molecule has 8 heavy (non-hydrogen) atoms. The van der Waals surface area contributed by atoms with Crippen LogP contribution in [0, 0.1) is 5.92 Å². The molecule has 0 saturated heterocycles. The molecule has 2 aliphatic carbocycles. The SMILES string of the molecule is CNC12CCCC1C2. The summed E-state index contributed by atoms with van der Waals surface area (Å²) >= 11 is 0. The maximum absolute atomic E-state index is 3.41. The highest BCUT2D eigenvalue weighted by Crippen LogP contribution is 2.55. The molecule has 2 aliphatic rings. The van der Waals surface area contributed by atoms with E-state index in [2.05, 4.69) is 12.4 Å². The molecule has 0 heterocycles. The average molecular weight is 111 g/mol. The summed E-state index contributed by atoms with van der Waals surface area (Å²) < 4.78 is 0. The summed E-state index contributed by atoms with van der Waals surface area (Å²) in [6.45, 7) is 0. The van der Waals surface area contributed by atoms with Crippen molar-refractivity contribution < 1.29 is 0 Å². The summed E-state index contributed by atoms with van der Waals surface area (Å²) in [5, 5.41) is 3.41.